The lowest BCUT2D eigenvalue weighted by Crippen LogP contribution is -2.15. The molecule has 4 N–H and O–H groups in total. The van der Waals surface area contributed by atoms with Crippen molar-refractivity contribution in [1.82, 2.24) is 5.32 Å². The number of hydrogen-bond acceptors (Lipinski definition) is 4. The average molecular weight is 203 g/mol. The van der Waals surface area contributed by atoms with Crippen LogP contribution in [0.1, 0.15) is 0 Å². The molecule has 0 bridgehead atoms. The van der Waals surface area contributed by atoms with Crippen LogP contribution in [0.15, 0.2) is 35.4 Å². The molecule has 0 saturated carbocycles. The van der Waals surface area contributed by atoms with Crippen LogP contribution < -0.4 is 11.1 Å². The molecule has 0 atom stereocenters. The number of ether oxygens (including phenoxy) is 1. The summed E-state index contributed by atoms with van der Waals surface area (Å²) in [6, 6.07) is 0. The molecule has 0 heterocycles. The molecule has 0 saturated heterocycles. The molecule has 0 unspecified atom stereocenters. The predicted octanol–water partition coefficient (Wildman–Crippen LogP) is 0.499. The highest BCUT2D eigenvalue weighted by Crippen LogP contribution is 2.17. The van der Waals surface area contributed by atoms with Crippen molar-refractivity contribution in [2.45, 2.75) is 0 Å². The first-order chi connectivity index (χ1) is 7.19. The molecule has 0 radical (unpaired) electrons. The number of terminal acetylenes is 1. The maximum absolute atomic E-state index is 7.69. The van der Waals surface area contributed by atoms with Crippen LogP contribution in [0.3, 0.4) is 0 Å². The Balaban J connectivity index is 2.86. The summed E-state index contributed by atoms with van der Waals surface area (Å²) in [7, 11) is 1.76. The molecule has 0 aromatic carbocycles. The van der Waals surface area contributed by atoms with Crippen LogP contribution in [-0.4, -0.2) is 19.4 Å². The highest BCUT2D eigenvalue weighted by molar-refractivity contribution is 6.10. The van der Waals surface area contributed by atoms with E-state index in [2.05, 4.69) is 11.2 Å². The third-order valence-corrected chi connectivity index (χ3v) is 1.79. The third-order valence-electron chi connectivity index (χ3n) is 1.79. The first kappa shape index (κ1) is 10.9. The Morgan fingerprint density at radius 3 is 3.00 bits per heavy atom. The maximum atomic E-state index is 7.69. The number of rotatable bonds is 3. The fraction of sp³-hybridized carbons (Fsp3) is 0.182. The van der Waals surface area contributed by atoms with Gasteiger partial charge in [-0.15, -0.1) is 6.42 Å². The lowest BCUT2D eigenvalue weighted by atomic mass is 10.0. The topological polar surface area (TPSA) is 71.1 Å². The van der Waals surface area contributed by atoms with Crippen LogP contribution in [0.4, 0.5) is 0 Å². The molecule has 0 fully saturated rings. The minimum atomic E-state index is 0.152. The Morgan fingerprint density at radius 2 is 2.40 bits per heavy atom. The van der Waals surface area contributed by atoms with Crippen LogP contribution in [0.2, 0.25) is 0 Å². The second kappa shape index (κ2) is 4.91. The van der Waals surface area contributed by atoms with Gasteiger partial charge in [-0.2, -0.15) is 0 Å². The fourth-order valence-corrected chi connectivity index (χ4v) is 1.13. The molecule has 0 aliphatic heterocycles. The molecular weight excluding hydrogens is 190 g/mol. The summed E-state index contributed by atoms with van der Waals surface area (Å²) in [5.41, 5.74) is 7.26. The highest BCUT2D eigenvalue weighted by Gasteiger charge is 2.13. The van der Waals surface area contributed by atoms with Crippen molar-refractivity contribution < 1.29 is 4.74 Å². The van der Waals surface area contributed by atoms with E-state index < -0.39 is 0 Å². The number of nitrogens with one attached hydrogen (secondary N) is 2. The van der Waals surface area contributed by atoms with Crippen molar-refractivity contribution in [2.75, 3.05) is 13.7 Å². The van der Waals surface area contributed by atoms with Crippen LogP contribution in [0.25, 0.3) is 0 Å². The van der Waals surface area contributed by atoms with Gasteiger partial charge in [-0.3, -0.25) is 0 Å². The van der Waals surface area contributed by atoms with E-state index in [0.717, 1.165) is 0 Å². The lowest BCUT2D eigenvalue weighted by Gasteiger charge is -2.14. The largest absolute Gasteiger partial charge is 0.479 e. The Bertz CT molecular complexity index is 397. The third kappa shape index (κ3) is 2.64. The zero-order valence-electron chi connectivity index (χ0n) is 8.50. The second-order valence-corrected chi connectivity index (χ2v) is 2.90. The Labute approximate surface area is 89.0 Å². The highest BCUT2D eigenvalue weighted by atomic mass is 16.5. The van der Waals surface area contributed by atoms with E-state index in [4.69, 9.17) is 22.3 Å². The first-order valence-corrected chi connectivity index (χ1v) is 4.41. The van der Waals surface area contributed by atoms with Crippen molar-refractivity contribution >= 4 is 5.71 Å². The standard InChI is InChI=1S/C11H13N3O/c1-3-4-15-11-6-9(12)8(7-14-2)5-10(11)13/h1,5-7,12,14H,4,13H2,2H3/b8-7-,12-9?. The molecule has 0 spiro atoms. The van der Waals surface area contributed by atoms with Crippen molar-refractivity contribution in [2.24, 2.45) is 5.73 Å². The normalized spacial score (nSPS) is 17.9. The van der Waals surface area contributed by atoms with Crippen LogP contribution in [-0.2, 0) is 4.74 Å². The molecule has 1 aliphatic rings. The van der Waals surface area contributed by atoms with Gasteiger partial charge in [0.1, 0.15) is 12.4 Å². The van der Waals surface area contributed by atoms with E-state index in [-0.39, 0.29) is 6.61 Å². The molecule has 1 aliphatic carbocycles. The van der Waals surface area contributed by atoms with Crippen LogP contribution >= 0.6 is 0 Å². The van der Waals surface area contributed by atoms with Gasteiger partial charge in [-0.1, -0.05) is 5.92 Å². The molecule has 4 heteroatoms. The summed E-state index contributed by atoms with van der Waals surface area (Å²) in [6.45, 7) is 0.152. The monoisotopic (exact) mass is 203 g/mol. The summed E-state index contributed by atoms with van der Waals surface area (Å²) < 4.78 is 5.18. The quantitative estimate of drug-likeness (QED) is 0.585. The molecule has 78 valence electrons. The lowest BCUT2D eigenvalue weighted by molar-refractivity contribution is 0.262. The molecule has 0 aromatic heterocycles. The van der Waals surface area contributed by atoms with Gasteiger partial charge in [0.2, 0.25) is 0 Å². The smallest absolute Gasteiger partial charge is 0.148 e. The predicted molar refractivity (Wildman–Crippen MR) is 60.0 cm³/mol. The molecule has 4 nitrogen and oxygen atoms in total. The molecule has 1 rings (SSSR count). The van der Waals surface area contributed by atoms with Crippen LogP contribution in [0, 0.1) is 17.8 Å². The van der Waals surface area contributed by atoms with Gasteiger partial charge < -0.3 is 21.2 Å². The summed E-state index contributed by atoms with van der Waals surface area (Å²) in [4.78, 5) is 0. The Hall–Kier alpha value is -2.15. The second-order valence-electron chi connectivity index (χ2n) is 2.90. The summed E-state index contributed by atoms with van der Waals surface area (Å²) in [6.07, 6.45) is 9.98. The van der Waals surface area contributed by atoms with Crippen molar-refractivity contribution in [1.29, 1.82) is 5.41 Å². The fourth-order valence-electron chi connectivity index (χ4n) is 1.13. The van der Waals surface area contributed by atoms with E-state index in [9.17, 15) is 0 Å². The van der Waals surface area contributed by atoms with Gasteiger partial charge in [0.25, 0.3) is 0 Å². The maximum Gasteiger partial charge on any atom is 0.148 e. The number of nitrogens with two attached hydrogens (primary N) is 1. The summed E-state index contributed by atoms with van der Waals surface area (Å²) >= 11 is 0. The summed E-state index contributed by atoms with van der Waals surface area (Å²) in [5.74, 6) is 2.79. The molecule has 0 aromatic rings. The molecule has 0 amide bonds. The van der Waals surface area contributed by atoms with Crippen LogP contribution in [0.5, 0.6) is 0 Å². The van der Waals surface area contributed by atoms with Gasteiger partial charge >= 0.3 is 0 Å². The number of allylic oxidation sites excluding steroid dienone is 3. The average Bonchev–Trinajstić information content (AvgIpc) is 2.21. The van der Waals surface area contributed by atoms with Gasteiger partial charge in [-0.05, 0) is 6.08 Å². The van der Waals surface area contributed by atoms with Gasteiger partial charge in [0, 0.05) is 24.9 Å². The van der Waals surface area contributed by atoms with Gasteiger partial charge in [-0.25, -0.2) is 0 Å². The molecular formula is C11H13N3O. The van der Waals surface area contributed by atoms with Crippen molar-refractivity contribution in [3.63, 3.8) is 0 Å². The van der Waals surface area contributed by atoms with E-state index in [0.29, 0.717) is 22.7 Å². The van der Waals surface area contributed by atoms with Gasteiger partial charge in [0.15, 0.2) is 0 Å². The van der Waals surface area contributed by atoms with E-state index in [1.54, 1.807) is 25.4 Å². The zero-order valence-corrected chi connectivity index (χ0v) is 8.50. The van der Waals surface area contributed by atoms with Crippen molar-refractivity contribution in [3.8, 4) is 12.3 Å². The van der Waals surface area contributed by atoms with Gasteiger partial charge in [0.05, 0.1) is 11.4 Å². The Kier molecular flexibility index (Phi) is 3.58. The minimum absolute atomic E-state index is 0.152. The van der Waals surface area contributed by atoms with E-state index >= 15 is 0 Å². The Morgan fingerprint density at radius 1 is 1.67 bits per heavy atom. The number of hydrogen-bond donors (Lipinski definition) is 3. The SMILES string of the molecule is C#CCOC1=CC(=N)/C(=C\NC)C=C1N. The molecule has 15 heavy (non-hydrogen) atoms. The minimum Gasteiger partial charge on any atom is -0.479 e. The van der Waals surface area contributed by atoms with Crippen molar-refractivity contribution in [3.05, 3.63) is 35.4 Å². The van der Waals surface area contributed by atoms with E-state index in [1.807, 2.05) is 0 Å². The first-order valence-electron chi connectivity index (χ1n) is 4.41. The zero-order chi connectivity index (χ0) is 11.3. The van der Waals surface area contributed by atoms with E-state index in [1.165, 1.54) is 0 Å². The summed E-state index contributed by atoms with van der Waals surface area (Å²) in [5, 5.41) is 10.5.